The summed E-state index contributed by atoms with van der Waals surface area (Å²) in [6, 6.07) is 7.69. The van der Waals surface area contributed by atoms with E-state index in [1.807, 2.05) is 22.6 Å². The number of hydrogen-bond donors (Lipinski definition) is 2. The average molecular weight is 342 g/mol. The first-order valence-corrected chi connectivity index (χ1v) is 5.77. The molecule has 0 heterocycles. The van der Waals surface area contributed by atoms with Gasteiger partial charge in [-0.05, 0) is 57.6 Å². The molecule has 2 rings (SSSR count). The van der Waals surface area contributed by atoms with Gasteiger partial charge in [-0.25, -0.2) is 9.59 Å². The van der Waals surface area contributed by atoms with Crippen molar-refractivity contribution >= 4 is 45.3 Å². The van der Waals surface area contributed by atoms with Crippen molar-refractivity contribution in [3.63, 3.8) is 0 Å². The number of halogens is 1. The Morgan fingerprint density at radius 2 is 1.59 bits per heavy atom. The molecule has 86 valence electrons. The third-order valence-electron chi connectivity index (χ3n) is 2.40. The zero-order valence-corrected chi connectivity index (χ0v) is 10.6. The molecule has 4 nitrogen and oxygen atoms in total. The minimum absolute atomic E-state index is 0.193. The maximum Gasteiger partial charge on any atom is 0.335 e. The largest absolute Gasteiger partial charge is 0.478 e. The molecule has 0 bridgehead atoms. The maximum absolute atomic E-state index is 10.9. The molecule has 2 aromatic rings. The van der Waals surface area contributed by atoms with Gasteiger partial charge in [0.25, 0.3) is 0 Å². The number of rotatable bonds is 2. The minimum Gasteiger partial charge on any atom is -0.478 e. The van der Waals surface area contributed by atoms with Crippen LogP contribution in [0.15, 0.2) is 30.3 Å². The van der Waals surface area contributed by atoms with Gasteiger partial charge in [0.1, 0.15) is 0 Å². The van der Waals surface area contributed by atoms with E-state index in [-0.39, 0.29) is 11.1 Å². The van der Waals surface area contributed by atoms with Crippen molar-refractivity contribution in [3.8, 4) is 0 Å². The van der Waals surface area contributed by atoms with E-state index in [9.17, 15) is 9.59 Å². The summed E-state index contributed by atoms with van der Waals surface area (Å²) in [7, 11) is 0. The van der Waals surface area contributed by atoms with Gasteiger partial charge in [-0.3, -0.25) is 0 Å². The van der Waals surface area contributed by atoms with Crippen molar-refractivity contribution in [2.24, 2.45) is 0 Å². The summed E-state index contributed by atoms with van der Waals surface area (Å²) in [6.45, 7) is 0. The molecule has 0 aromatic heterocycles. The summed E-state index contributed by atoms with van der Waals surface area (Å²) < 4.78 is 0.723. The number of carbonyl (C=O) groups is 2. The van der Waals surface area contributed by atoms with E-state index in [1.54, 1.807) is 12.1 Å². The highest BCUT2D eigenvalue weighted by molar-refractivity contribution is 14.1. The van der Waals surface area contributed by atoms with Crippen LogP contribution in [0.2, 0.25) is 0 Å². The Bertz CT molecular complexity index is 634. The zero-order chi connectivity index (χ0) is 12.6. The Balaban J connectivity index is 2.72. The lowest BCUT2D eigenvalue weighted by Gasteiger charge is -2.04. The van der Waals surface area contributed by atoms with E-state index in [4.69, 9.17) is 10.2 Å². The van der Waals surface area contributed by atoms with E-state index in [0.717, 1.165) is 14.3 Å². The Morgan fingerprint density at radius 1 is 0.941 bits per heavy atom. The Hall–Kier alpha value is -1.63. The maximum atomic E-state index is 10.9. The second-order valence-electron chi connectivity index (χ2n) is 3.50. The first-order valence-electron chi connectivity index (χ1n) is 4.69. The topological polar surface area (TPSA) is 74.6 Å². The number of benzene rings is 2. The van der Waals surface area contributed by atoms with Crippen LogP contribution in [0.1, 0.15) is 20.7 Å². The second-order valence-corrected chi connectivity index (χ2v) is 4.67. The van der Waals surface area contributed by atoms with Gasteiger partial charge < -0.3 is 10.2 Å². The van der Waals surface area contributed by atoms with Gasteiger partial charge in [-0.1, -0.05) is 6.07 Å². The lowest BCUT2D eigenvalue weighted by atomic mass is 10.0. The number of carboxylic acid groups (broad SMARTS) is 2. The second kappa shape index (κ2) is 4.33. The van der Waals surface area contributed by atoms with E-state index in [1.165, 1.54) is 18.2 Å². The van der Waals surface area contributed by atoms with E-state index in [0.29, 0.717) is 0 Å². The lowest BCUT2D eigenvalue weighted by molar-refractivity contribution is 0.0686. The smallest absolute Gasteiger partial charge is 0.335 e. The number of hydrogen-bond acceptors (Lipinski definition) is 2. The van der Waals surface area contributed by atoms with Crippen LogP contribution >= 0.6 is 22.6 Å². The van der Waals surface area contributed by atoms with Crippen LogP contribution in [0.4, 0.5) is 0 Å². The van der Waals surface area contributed by atoms with Crippen LogP contribution in [0.25, 0.3) is 10.8 Å². The molecule has 2 aromatic carbocycles. The van der Waals surface area contributed by atoms with Gasteiger partial charge in [-0.2, -0.15) is 0 Å². The molecule has 0 unspecified atom stereocenters. The summed E-state index contributed by atoms with van der Waals surface area (Å²) >= 11 is 2.00. The molecule has 0 atom stereocenters. The van der Waals surface area contributed by atoms with Crippen LogP contribution < -0.4 is 0 Å². The van der Waals surface area contributed by atoms with Gasteiger partial charge in [0.15, 0.2) is 0 Å². The number of aromatic carboxylic acids is 2. The van der Waals surface area contributed by atoms with Gasteiger partial charge in [0.2, 0.25) is 0 Å². The molecule has 2 N–H and O–H groups in total. The first kappa shape index (κ1) is 11.8. The van der Waals surface area contributed by atoms with Crippen molar-refractivity contribution in [1.82, 2.24) is 0 Å². The lowest BCUT2D eigenvalue weighted by Crippen LogP contribution is -1.99. The molecular weight excluding hydrogens is 335 g/mol. The summed E-state index contributed by atoms with van der Waals surface area (Å²) in [5, 5.41) is 19.3. The highest BCUT2D eigenvalue weighted by atomic mass is 127. The highest BCUT2D eigenvalue weighted by Gasteiger charge is 2.10. The molecule has 5 heteroatoms. The van der Waals surface area contributed by atoms with Crippen molar-refractivity contribution in [1.29, 1.82) is 0 Å². The predicted molar refractivity (Wildman–Crippen MR) is 70.6 cm³/mol. The van der Waals surface area contributed by atoms with Crippen molar-refractivity contribution < 1.29 is 19.8 Å². The van der Waals surface area contributed by atoms with Gasteiger partial charge in [0.05, 0.1) is 11.1 Å². The molecule has 17 heavy (non-hydrogen) atoms. The molecule has 0 saturated carbocycles. The standard InChI is InChI=1S/C12H7IO4/c13-10-5-8(12(16)17)3-6-1-2-7(11(14)15)4-9(6)10/h1-5H,(H,14,15)(H,16,17). The normalized spacial score (nSPS) is 10.4. The SMILES string of the molecule is O=C(O)c1cc(I)c2cc(C(=O)O)ccc2c1. The van der Waals surface area contributed by atoms with Gasteiger partial charge in [0, 0.05) is 3.57 Å². The fraction of sp³-hybridized carbons (Fsp3) is 0. The minimum atomic E-state index is -0.995. The molecule has 0 spiro atoms. The Labute approximate surface area is 110 Å². The molecule has 0 fully saturated rings. The van der Waals surface area contributed by atoms with Crippen LogP contribution in [0.3, 0.4) is 0 Å². The average Bonchev–Trinajstić information content (AvgIpc) is 2.28. The Kier molecular flexibility index (Phi) is 3.01. The predicted octanol–water partition coefficient (Wildman–Crippen LogP) is 2.84. The summed E-state index contributed by atoms with van der Waals surface area (Å²) in [5.41, 5.74) is 0.392. The molecule has 0 saturated heterocycles. The van der Waals surface area contributed by atoms with Crippen molar-refractivity contribution in [3.05, 3.63) is 45.0 Å². The van der Waals surface area contributed by atoms with Crippen LogP contribution in [0, 0.1) is 3.57 Å². The third-order valence-corrected chi connectivity index (χ3v) is 3.29. The van der Waals surface area contributed by atoms with E-state index in [2.05, 4.69) is 0 Å². The number of fused-ring (bicyclic) bond motifs is 1. The molecule has 0 aliphatic heterocycles. The fourth-order valence-electron chi connectivity index (χ4n) is 1.57. The zero-order valence-electron chi connectivity index (χ0n) is 8.48. The highest BCUT2D eigenvalue weighted by Crippen LogP contribution is 2.24. The van der Waals surface area contributed by atoms with Crippen LogP contribution in [0.5, 0.6) is 0 Å². The van der Waals surface area contributed by atoms with E-state index < -0.39 is 11.9 Å². The summed E-state index contributed by atoms with van der Waals surface area (Å²) in [4.78, 5) is 21.7. The molecule has 0 amide bonds. The van der Waals surface area contributed by atoms with Crippen LogP contribution in [-0.4, -0.2) is 22.2 Å². The molecular formula is C12H7IO4. The van der Waals surface area contributed by atoms with Crippen molar-refractivity contribution in [2.75, 3.05) is 0 Å². The van der Waals surface area contributed by atoms with Gasteiger partial charge >= 0.3 is 11.9 Å². The summed E-state index contributed by atoms with van der Waals surface area (Å²) in [6.07, 6.45) is 0. The number of carboxylic acids is 2. The monoisotopic (exact) mass is 342 g/mol. The molecule has 0 aliphatic carbocycles. The van der Waals surface area contributed by atoms with Gasteiger partial charge in [-0.15, -0.1) is 0 Å². The first-order chi connectivity index (χ1) is 7.99. The van der Waals surface area contributed by atoms with E-state index >= 15 is 0 Å². The molecule has 0 aliphatic rings. The van der Waals surface area contributed by atoms with Crippen molar-refractivity contribution in [2.45, 2.75) is 0 Å². The Morgan fingerprint density at radius 3 is 2.18 bits per heavy atom. The third kappa shape index (κ3) is 2.23. The fourth-order valence-corrected chi connectivity index (χ4v) is 2.37. The molecule has 0 radical (unpaired) electrons. The quantitative estimate of drug-likeness (QED) is 0.823. The van der Waals surface area contributed by atoms with Crippen LogP contribution in [-0.2, 0) is 0 Å². The summed E-state index contributed by atoms with van der Waals surface area (Å²) in [5.74, 6) is -1.99.